The highest BCUT2D eigenvalue weighted by Gasteiger charge is 2.69. The van der Waals surface area contributed by atoms with Gasteiger partial charge < -0.3 is 19.4 Å². The summed E-state index contributed by atoms with van der Waals surface area (Å²) in [7, 11) is 0. The van der Waals surface area contributed by atoms with Crippen LogP contribution in [0.5, 0.6) is 0 Å². The van der Waals surface area contributed by atoms with Gasteiger partial charge in [-0.3, -0.25) is 4.79 Å². The molecule has 0 aromatic carbocycles. The summed E-state index contributed by atoms with van der Waals surface area (Å²) in [6, 6.07) is 1.84. The van der Waals surface area contributed by atoms with Crippen LogP contribution in [-0.4, -0.2) is 27.9 Å². The van der Waals surface area contributed by atoms with Crippen LogP contribution in [-0.2, 0) is 9.53 Å². The van der Waals surface area contributed by atoms with Crippen molar-refractivity contribution in [2.24, 2.45) is 22.7 Å². The minimum Gasteiger partial charge on any atom is -0.472 e. The smallest absolute Gasteiger partial charge is 0.313 e. The molecule has 6 unspecified atom stereocenters. The summed E-state index contributed by atoms with van der Waals surface area (Å²) in [5.74, 6) is -0.235. The Bertz CT molecular complexity index is 666. The number of hydrogen-bond acceptors (Lipinski definition) is 5. The van der Waals surface area contributed by atoms with E-state index < -0.39 is 22.5 Å². The normalized spacial score (nSPS) is 46.0. The summed E-state index contributed by atoms with van der Waals surface area (Å²) in [5, 5.41) is 22.2. The molecular weight excluding hydrogens is 320 g/mol. The van der Waals surface area contributed by atoms with E-state index >= 15 is 0 Å². The van der Waals surface area contributed by atoms with E-state index in [1.165, 1.54) is 0 Å². The molecule has 1 aromatic rings. The fourth-order valence-electron chi connectivity index (χ4n) is 5.88. The zero-order chi connectivity index (χ0) is 18.0. The van der Waals surface area contributed by atoms with Crippen molar-refractivity contribution in [1.29, 1.82) is 0 Å². The van der Waals surface area contributed by atoms with Crippen LogP contribution < -0.4 is 0 Å². The third-order valence-corrected chi connectivity index (χ3v) is 7.78. The zero-order valence-electron chi connectivity index (χ0n) is 15.2. The van der Waals surface area contributed by atoms with Crippen LogP contribution in [0.2, 0.25) is 0 Å². The van der Waals surface area contributed by atoms with Gasteiger partial charge in [0.25, 0.3) is 0 Å². The van der Waals surface area contributed by atoms with Crippen molar-refractivity contribution in [3.63, 3.8) is 0 Å². The van der Waals surface area contributed by atoms with Crippen molar-refractivity contribution in [3.05, 3.63) is 24.2 Å². The van der Waals surface area contributed by atoms with Gasteiger partial charge in [0.1, 0.15) is 6.10 Å². The molecule has 0 radical (unpaired) electrons. The predicted octanol–water partition coefficient (Wildman–Crippen LogP) is 3.21. The van der Waals surface area contributed by atoms with Crippen LogP contribution in [0, 0.1) is 22.7 Å². The van der Waals surface area contributed by atoms with Gasteiger partial charge in [-0.05, 0) is 37.7 Å². The van der Waals surface area contributed by atoms with Gasteiger partial charge in [0.15, 0.2) is 0 Å². The molecule has 4 rings (SSSR count). The first-order valence-electron chi connectivity index (χ1n) is 9.37. The van der Waals surface area contributed by atoms with Crippen LogP contribution in [0.15, 0.2) is 23.0 Å². The van der Waals surface area contributed by atoms with Crippen molar-refractivity contribution in [2.75, 3.05) is 0 Å². The van der Waals surface area contributed by atoms with Crippen molar-refractivity contribution in [1.82, 2.24) is 0 Å². The lowest BCUT2D eigenvalue weighted by atomic mass is 9.44. The average Bonchev–Trinajstić information content (AvgIpc) is 3.19. The summed E-state index contributed by atoms with van der Waals surface area (Å²) in [4.78, 5) is 13.1. The van der Waals surface area contributed by atoms with Gasteiger partial charge in [0.2, 0.25) is 0 Å². The Labute approximate surface area is 148 Å². The monoisotopic (exact) mass is 348 g/mol. The molecule has 2 aliphatic carbocycles. The van der Waals surface area contributed by atoms with Gasteiger partial charge >= 0.3 is 5.97 Å². The molecular formula is C20H28O5. The van der Waals surface area contributed by atoms with Gasteiger partial charge in [-0.1, -0.05) is 20.8 Å². The van der Waals surface area contributed by atoms with E-state index in [-0.39, 0.29) is 23.9 Å². The lowest BCUT2D eigenvalue weighted by Gasteiger charge is -2.61. The molecule has 0 bridgehead atoms. The van der Waals surface area contributed by atoms with Crippen LogP contribution in [0.25, 0.3) is 0 Å². The van der Waals surface area contributed by atoms with E-state index in [0.717, 1.165) is 12.0 Å². The number of furan rings is 1. The van der Waals surface area contributed by atoms with Crippen molar-refractivity contribution in [2.45, 2.75) is 70.7 Å². The van der Waals surface area contributed by atoms with Gasteiger partial charge in [0.05, 0.1) is 29.6 Å². The maximum atomic E-state index is 13.1. The number of aliphatic hydroxyl groups is 2. The number of fused-ring (bicyclic) bond motifs is 2. The Morgan fingerprint density at radius 3 is 2.68 bits per heavy atom. The summed E-state index contributed by atoms with van der Waals surface area (Å²) in [6.07, 6.45) is 5.57. The van der Waals surface area contributed by atoms with Crippen molar-refractivity contribution in [3.8, 4) is 0 Å². The molecule has 5 heteroatoms. The van der Waals surface area contributed by atoms with E-state index in [0.29, 0.717) is 25.7 Å². The summed E-state index contributed by atoms with van der Waals surface area (Å²) in [6.45, 7) is 5.97. The molecule has 25 heavy (non-hydrogen) atoms. The summed E-state index contributed by atoms with van der Waals surface area (Å²) < 4.78 is 11.0. The second kappa shape index (κ2) is 5.34. The van der Waals surface area contributed by atoms with Crippen LogP contribution in [0.3, 0.4) is 0 Å². The maximum absolute atomic E-state index is 13.1. The Kier molecular flexibility index (Phi) is 3.65. The molecule has 1 saturated heterocycles. The summed E-state index contributed by atoms with van der Waals surface area (Å²) in [5.41, 5.74) is -1.51. The fourth-order valence-corrected chi connectivity index (χ4v) is 5.88. The van der Waals surface area contributed by atoms with Crippen LogP contribution in [0.1, 0.15) is 64.5 Å². The average molecular weight is 348 g/mol. The Hall–Kier alpha value is -1.33. The highest BCUT2D eigenvalue weighted by atomic mass is 16.6. The molecule has 0 amide bonds. The van der Waals surface area contributed by atoms with Crippen LogP contribution >= 0.6 is 0 Å². The lowest BCUT2D eigenvalue weighted by molar-refractivity contribution is -0.242. The highest BCUT2D eigenvalue weighted by molar-refractivity contribution is 5.80. The Morgan fingerprint density at radius 1 is 1.24 bits per heavy atom. The number of esters is 1. The second-order valence-electron chi connectivity index (χ2n) is 8.93. The van der Waals surface area contributed by atoms with Gasteiger partial charge in [-0.2, -0.15) is 0 Å². The van der Waals surface area contributed by atoms with Gasteiger partial charge in [-0.15, -0.1) is 0 Å². The number of cyclic esters (lactones) is 1. The van der Waals surface area contributed by atoms with Gasteiger partial charge in [-0.25, -0.2) is 0 Å². The second-order valence-corrected chi connectivity index (χ2v) is 8.93. The number of hydrogen-bond donors (Lipinski definition) is 2. The topological polar surface area (TPSA) is 79.9 Å². The third kappa shape index (κ3) is 2.05. The SMILES string of the molecule is CC1CCC2(O)C(CCC(O)C2(C)C)C12CC(c1ccoc1)OC2=O. The van der Waals surface area contributed by atoms with Crippen LogP contribution in [0.4, 0.5) is 0 Å². The quantitative estimate of drug-likeness (QED) is 0.762. The minimum atomic E-state index is -1.05. The number of carbonyl (C=O) groups is 1. The van der Waals surface area contributed by atoms with E-state index in [4.69, 9.17) is 9.15 Å². The molecule has 2 N–H and O–H groups in total. The number of aliphatic hydroxyl groups excluding tert-OH is 1. The molecule has 138 valence electrons. The lowest BCUT2D eigenvalue weighted by Crippen LogP contribution is -2.67. The molecule has 1 aromatic heterocycles. The van der Waals surface area contributed by atoms with E-state index in [2.05, 4.69) is 6.92 Å². The fraction of sp³-hybridized carbons (Fsp3) is 0.750. The molecule has 1 spiro atoms. The first-order valence-corrected chi connectivity index (χ1v) is 9.37. The van der Waals surface area contributed by atoms with E-state index in [9.17, 15) is 15.0 Å². The number of rotatable bonds is 1. The van der Waals surface area contributed by atoms with Crippen molar-refractivity contribution >= 4 is 5.97 Å². The molecule has 3 aliphatic rings. The minimum absolute atomic E-state index is 0.146. The molecule has 2 heterocycles. The van der Waals surface area contributed by atoms with Crippen molar-refractivity contribution < 1.29 is 24.2 Å². The number of ether oxygens (including phenoxy) is 1. The maximum Gasteiger partial charge on any atom is 0.313 e. The van der Waals surface area contributed by atoms with Gasteiger partial charge in [0, 0.05) is 23.3 Å². The first kappa shape index (κ1) is 17.1. The molecule has 6 atom stereocenters. The zero-order valence-corrected chi connectivity index (χ0v) is 15.2. The molecule has 5 nitrogen and oxygen atoms in total. The largest absolute Gasteiger partial charge is 0.472 e. The standard InChI is InChI=1S/C20H28O5/c1-12-6-8-20(23)15(4-5-16(21)18(20,2)3)19(12)10-14(25-17(19)22)13-7-9-24-11-13/h7,9,11-12,14-16,21,23H,4-6,8,10H2,1-3H3. The Balaban J connectivity index is 1.76. The highest BCUT2D eigenvalue weighted by Crippen LogP contribution is 2.65. The number of carbonyl (C=O) groups excluding carboxylic acids is 1. The molecule has 1 aliphatic heterocycles. The molecule has 3 fully saturated rings. The third-order valence-electron chi connectivity index (χ3n) is 7.78. The predicted molar refractivity (Wildman–Crippen MR) is 90.5 cm³/mol. The van der Waals surface area contributed by atoms with E-state index in [1.807, 2.05) is 19.9 Å². The summed E-state index contributed by atoms with van der Waals surface area (Å²) >= 11 is 0. The first-order chi connectivity index (χ1) is 11.7. The van der Waals surface area contributed by atoms with E-state index in [1.54, 1.807) is 12.5 Å². The molecule has 2 saturated carbocycles. The Morgan fingerprint density at radius 2 is 2.00 bits per heavy atom.